The van der Waals surface area contributed by atoms with E-state index >= 15 is 0 Å². The summed E-state index contributed by atoms with van der Waals surface area (Å²) in [5.41, 5.74) is -2.21. The Labute approximate surface area is 192 Å². The molecule has 0 radical (unpaired) electrons. The number of ether oxygens (including phenoxy) is 1. The number of rotatable bonds is 6. The molecule has 2 atom stereocenters. The lowest BCUT2D eigenvalue weighted by atomic mass is 10.1. The summed E-state index contributed by atoms with van der Waals surface area (Å²) < 4.78 is 43.9. The van der Waals surface area contributed by atoms with Crippen molar-refractivity contribution in [3.8, 4) is 17.0 Å². The molecule has 4 rings (SSSR count). The van der Waals surface area contributed by atoms with Crippen molar-refractivity contribution in [3.05, 3.63) is 60.4 Å². The number of halogens is 4. The van der Waals surface area contributed by atoms with Gasteiger partial charge in [0.05, 0.1) is 17.8 Å². The molecule has 1 aliphatic rings. The fourth-order valence-electron chi connectivity index (χ4n) is 3.51. The van der Waals surface area contributed by atoms with Crippen molar-refractivity contribution in [1.82, 2.24) is 15.2 Å². The van der Waals surface area contributed by atoms with E-state index in [1.165, 1.54) is 36.7 Å². The standard InChI is InChI=1S/C22H19ClF3N5O2/c1-13-11-31(12-18(13)24)20-17(19-3-2-8-28-30-19)9-14(10-27-20)21(32)29-15-4-6-16(7-5-15)33-22(23,25)26/h2-10,13,18H,11-12H2,1H3,(H,29,32). The minimum Gasteiger partial charge on any atom is -0.420 e. The van der Waals surface area contributed by atoms with Crippen molar-refractivity contribution in [3.63, 3.8) is 0 Å². The molecule has 1 aliphatic heterocycles. The molecule has 172 valence electrons. The topological polar surface area (TPSA) is 80.2 Å². The fraction of sp³-hybridized carbons (Fsp3) is 0.273. The van der Waals surface area contributed by atoms with E-state index < -0.39 is 17.6 Å². The van der Waals surface area contributed by atoms with E-state index in [0.717, 1.165) is 0 Å². The van der Waals surface area contributed by atoms with Crippen LogP contribution in [0.2, 0.25) is 0 Å². The SMILES string of the molecule is CC1CN(c2ncc(C(=O)Nc3ccc(OC(F)(F)Cl)cc3)cc2-c2cccnn2)CC1F. The fourth-order valence-corrected chi connectivity index (χ4v) is 3.60. The molecule has 1 aromatic carbocycles. The van der Waals surface area contributed by atoms with Crippen molar-refractivity contribution in [2.45, 2.75) is 18.7 Å². The number of carbonyl (C=O) groups is 1. The molecule has 1 saturated heterocycles. The number of hydrogen-bond acceptors (Lipinski definition) is 6. The van der Waals surface area contributed by atoms with Crippen LogP contribution in [-0.2, 0) is 0 Å². The highest BCUT2D eigenvalue weighted by atomic mass is 35.5. The molecule has 1 N–H and O–H groups in total. The Morgan fingerprint density at radius 1 is 1.24 bits per heavy atom. The smallest absolute Gasteiger partial charge is 0.420 e. The summed E-state index contributed by atoms with van der Waals surface area (Å²) in [4.78, 5) is 19.1. The molecule has 3 heterocycles. The Balaban J connectivity index is 1.58. The Morgan fingerprint density at radius 2 is 2.00 bits per heavy atom. The Hall–Kier alpha value is -3.40. The molecular weight excluding hydrogens is 459 g/mol. The number of hydrogen-bond donors (Lipinski definition) is 1. The van der Waals surface area contributed by atoms with Crippen molar-refractivity contribution < 1.29 is 22.7 Å². The molecule has 33 heavy (non-hydrogen) atoms. The first-order valence-corrected chi connectivity index (χ1v) is 10.4. The van der Waals surface area contributed by atoms with E-state index in [-0.39, 0.29) is 23.8 Å². The predicted molar refractivity (Wildman–Crippen MR) is 117 cm³/mol. The number of aromatic nitrogens is 3. The number of anilines is 2. The van der Waals surface area contributed by atoms with Gasteiger partial charge in [-0.1, -0.05) is 6.92 Å². The first-order chi connectivity index (χ1) is 15.7. The van der Waals surface area contributed by atoms with E-state index in [9.17, 15) is 18.0 Å². The van der Waals surface area contributed by atoms with Gasteiger partial charge < -0.3 is 15.0 Å². The van der Waals surface area contributed by atoms with Crippen LogP contribution in [0.1, 0.15) is 17.3 Å². The van der Waals surface area contributed by atoms with Crippen molar-refractivity contribution in [2.75, 3.05) is 23.3 Å². The minimum atomic E-state index is -3.83. The van der Waals surface area contributed by atoms with Gasteiger partial charge in [-0.15, -0.1) is 8.78 Å². The third-order valence-electron chi connectivity index (χ3n) is 5.14. The lowest BCUT2D eigenvalue weighted by Crippen LogP contribution is -2.23. The van der Waals surface area contributed by atoms with Crippen LogP contribution in [0.15, 0.2) is 54.9 Å². The van der Waals surface area contributed by atoms with Crippen LogP contribution in [0.4, 0.5) is 24.7 Å². The maximum absolute atomic E-state index is 14.1. The molecular formula is C22H19ClF3N5O2. The van der Waals surface area contributed by atoms with E-state index in [4.69, 9.17) is 11.6 Å². The van der Waals surface area contributed by atoms with Crippen molar-refractivity contribution >= 4 is 29.0 Å². The van der Waals surface area contributed by atoms with Gasteiger partial charge in [-0.25, -0.2) is 9.37 Å². The molecule has 7 nitrogen and oxygen atoms in total. The summed E-state index contributed by atoms with van der Waals surface area (Å²) in [6, 6.07) is 10.3. The highest BCUT2D eigenvalue weighted by molar-refractivity contribution is 6.20. The Bertz CT molecular complexity index is 1120. The third-order valence-corrected chi connectivity index (χ3v) is 5.22. The van der Waals surface area contributed by atoms with E-state index in [0.29, 0.717) is 29.3 Å². The molecule has 2 unspecified atom stereocenters. The van der Waals surface area contributed by atoms with E-state index in [1.54, 1.807) is 18.2 Å². The zero-order valence-electron chi connectivity index (χ0n) is 17.4. The number of amides is 1. The van der Waals surface area contributed by atoms with Crippen LogP contribution < -0.4 is 15.0 Å². The normalized spacial score (nSPS) is 18.3. The van der Waals surface area contributed by atoms with Gasteiger partial charge in [0.1, 0.15) is 17.7 Å². The summed E-state index contributed by atoms with van der Waals surface area (Å²) in [5.74, 6) is -0.263. The molecule has 1 fully saturated rings. The maximum Gasteiger partial charge on any atom is 0.487 e. The van der Waals surface area contributed by atoms with Crippen LogP contribution in [0.5, 0.6) is 5.75 Å². The molecule has 3 aromatic rings. The first-order valence-electron chi connectivity index (χ1n) is 10.0. The zero-order chi connectivity index (χ0) is 23.6. The lowest BCUT2D eigenvalue weighted by molar-refractivity contribution is -0.0964. The quantitative estimate of drug-likeness (QED) is 0.516. The molecule has 0 aliphatic carbocycles. The summed E-state index contributed by atoms with van der Waals surface area (Å²) in [6.07, 6.45) is 1.94. The molecule has 1 amide bonds. The number of pyridine rings is 1. The number of nitrogens with zero attached hydrogens (tertiary/aromatic N) is 4. The number of carbonyl (C=O) groups excluding carboxylic acids is 1. The van der Waals surface area contributed by atoms with Crippen LogP contribution in [0.25, 0.3) is 11.3 Å². The Morgan fingerprint density at radius 3 is 2.61 bits per heavy atom. The van der Waals surface area contributed by atoms with E-state index in [1.807, 2.05) is 11.8 Å². The summed E-state index contributed by atoms with van der Waals surface area (Å²) in [6.45, 7) is 2.52. The predicted octanol–water partition coefficient (Wildman–Crippen LogP) is 4.75. The summed E-state index contributed by atoms with van der Waals surface area (Å²) >= 11 is 4.75. The number of nitrogens with one attached hydrogen (secondary N) is 1. The number of benzene rings is 1. The largest absolute Gasteiger partial charge is 0.487 e. The summed E-state index contributed by atoms with van der Waals surface area (Å²) in [5, 5.41) is 10.7. The van der Waals surface area contributed by atoms with Gasteiger partial charge in [0.25, 0.3) is 5.91 Å². The average molecular weight is 478 g/mol. The van der Waals surface area contributed by atoms with Crippen LogP contribution in [0.3, 0.4) is 0 Å². The van der Waals surface area contributed by atoms with Crippen molar-refractivity contribution in [2.24, 2.45) is 5.92 Å². The molecule has 2 aromatic heterocycles. The minimum absolute atomic E-state index is 0.143. The molecule has 11 heteroatoms. The van der Waals surface area contributed by atoms with Crippen LogP contribution in [0, 0.1) is 5.92 Å². The van der Waals surface area contributed by atoms with Crippen LogP contribution >= 0.6 is 11.6 Å². The first kappa shape index (κ1) is 22.8. The highest BCUT2D eigenvalue weighted by Crippen LogP contribution is 2.33. The van der Waals surface area contributed by atoms with E-state index in [2.05, 4.69) is 25.2 Å². The molecule has 0 spiro atoms. The molecule has 0 bridgehead atoms. The Kier molecular flexibility index (Phi) is 6.37. The second-order valence-electron chi connectivity index (χ2n) is 7.63. The molecule has 0 saturated carbocycles. The average Bonchev–Trinajstić information content (AvgIpc) is 3.12. The van der Waals surface area contributed by atoms with Gasteiger partial charge in [0.15, 0.2) is 0 Å². The van der Waals surface area contributed by atoms with Gasteiger partial charge in [-0.2, -0.15) is 10.2 Å². The van der Waals surface area contributed by atoms with Gasteiger partial charge in [-0.3, -0.25) is 4.79 Å². The van der Waals surface area contributed by atoms with Gasteiger partial charge in [-0.05, 0) is 42.5 Å². The van der Waals surface area contributed by atoms with Gasteiger partial charge in [0.2, 0.25) is 0 Å². The second-order valence-corrected chi connectivity index (χ2v) is 8.07. The third kappa shape index (κ3) is 5.51. The zero-order valence-corrected chi connectivity index (χ0v) is 18.1. The summed E-state index contributed by atoms with van der Waals surface area (Å²) in [7, 11) is 0. The van der Waals surface area contributed by atoms with Crippen molar-refractivity contribution in [1.29, 1.82) is 0 Å². The van der Waals surface area contributed by atoms with Gasteiger partial charge >= 0.3 is 5.57 Å². The maximum atomic E-state index is 14.1. The lowest BCUT2D eigenvalue weighted by Gasteiger charge is -2.20. The second kappa shape index (κ2) is 9.22. The highest BCUT2D eigenvalue weighted by Gasteiger charge is 2.32. The van der Waals surface area contributed by atoms with Crippen LogP contribution in [-0.4, -0.2) is 45.9 Å². The number of alkyl halides is 4. The van der Waals surface area contributed by atoms with Gasteiger partial charge in [0, 0.05) is 47.7 Å². The monoisotopic (exact) mass is 477 g/mol.